The van der Waals surface area contributed by atoms with Crippen LogP contribution in [0.1, 0.15) is 35.3 Å². The van der Waals surface area contributed by atoms with Gasteiger partial charge in [-0.1, -0.05) is 48.0 Å². The van der Waals surface area contributed by atoms with E-state index in [0.29, 0.717) is 30.3 Å². The first-order chi connectivity index (χ1) is 13.0. The van der Waals surface area contributed by atoms with E-state index >= 15 is 0 Å². The second-order valence-corrected chi connectivity index (χ2v) is 6.39. The van der Waals surface area contributed by atoms with Gasteiger partial charge in [-0.25, -0.2) is 4.79 Å². The number of carbonyl (C=O) groups excluding carboxylic acids is 2. The van der Waals surface area contributed by atoms with Crippen molar-refractivity contribution < 1.29 is 19.1 Å². The first-order valence-corrected chi connectivity index (χ1v) is 9.28. The quantitative estimate of drug-likeness (QED) is 0.605. The summed E-state index contributed by atoms with van der Waals surface area (Å²) in [6, 6.07) is 14.9. The van der Waals surface area contributed by atoms with Gasteiger partial charge in [-0.15, -0.1) is 0 Å². The van der Waals surface area contributed by atoms with Gasteiger partial charge in [-0.3, -0.25) is 9.69 Å². The summed E-state index contributed by atoms with van der Waals surface area (Å²) in [7, 11) is 0. The topological polar surface area (TPSA) is 55.8 Å². The lowest BCUT2D eigenvalue weighted by atomic mass is 10.1. The lowest BCUT2D eigenvalue weighted by Crippen LogP contribution is -2.31. The second kappa shape index (κ2) is 10.7. The first kappa shape index (κ1) is 20.9. The van der Waals surface area contributed by atoms with Gasteiger partial charge < -0.3 is 9.47 Å². The number of esters is 2. The Morgan fingerprint density at radius 2 is 1.67 bits per heavy atom. The van der Waals surface area contributed by atoms with Crippen molar-refractivity contribution >= 4 is 23.5 Å². The molecule has 0 heterocycles. The molecule has 0 aliphatic heterocycles. The molecule has 5 nitrogen and oxygen atoms in total. The van der Waals surface area contributed by atoms with Crippen LogP contribution in [0.3, 0.4) is 0 Å². The van der Waals surface area contributed by atoms with Crippen molar-refractivity contribution in [2.45, 2.75) is 26.9 Å². The van der Waals surface area contributed by atoms with Crippen molar-refractivity contribution in [2.75, 3.05) is 19.8 Å². The van der Waals surface area contributed by atoms with Crippen LogP contribution in [0.15, 0.2) is 48.5 Å². The smallest absolute Gasteiger partial charge is 0.338 e. The highest BCUT2D eigenvalue weighted by molar-refractivity contribution is 6.31. The first-order valence-electron chi connectivity index (χ1n) is 8.91. The fraction of sp³-hybridized carbons (Fsp3) is 0.333. The summed E-state index contributed by atoms with van der Waals surface area (Å²) in [4.78, 5) is 26.3. The molecular weight excluding hydrogens is 366 g/mol. The SMILES string of the molecule is CCOC(=O)CN(Cc1ccccc1)Cc1ccc(Cl)cc1C(=O)OCC. The molecule has 0 aliphatic carbocycles. The highest BCUT2D eigenvalue weighted by Gasteiger charge is 2.18. The van der Waals surface area contributed by atoms with Crippen LogP contribution in [-0.2, 0) is 27.4 Å². The Balaban J connectivity index is 2.25. The summed E-state index contributed by atoms with van der Waals surface area (Å²) in [6.45, 7) is 5.19. The van der Waals surface area contributed by atoms with Gasteiger partial charge in [0.2, 0.25) is 0 Å². The maximum Gasteiger partial charge on any atom is 0.338 e. The van der Waals surface area contributed by atoms with Gasteiger partial charge in [0.15, 0.2) is 0 Å². The molecule has 0 radical (unpaired) electrons. The van der Waals surface area contributed by atoms with Crippen LogP contribution >= 0.6 is 11.6 Å². The zero-order valence-corrected chi connectivity index (χ0v) is 16.4. The van der Waals surface area contributed by atoms with E-state index in [9.17, 15) is 9.59 Å². The molecule has 0 aliphatic rings. The molecular formula is C21H24ClNO4. The molecule has 0 bridgehead atoms. The van der Waals surface area contributed by atoms with Crippen LogP contribution in [0.5, 0.6) is 0 Å². The number of carbonyl (C=O) groups is 2. The molecule has 2 rings (SSSR count). The summed E-state index contributed by atoms with van der Waals surface area (Å²) >= 11 is 6.06. The lowest BCUT2D eigenvalue weighted by Gasteiger charge is -2.23. The minimum atomic E-state index is -0.425. The molecule has 2 aromatic rings. The number of halogens is 1. The van der Waals surface area contributed by atoms with E-state index in [0.717, 1.165) is 11.1 Å². The number of rotatable bonds is 9. The van der Waals surface area contributed by atoms with Gasteiger partial charge in [0.05, 0.1) is 25.3 Å². The molecule has 0 N–H and O–H groups in total. The Kier molecular flexibility index (Phi) is 8.30. The van der Waals surface area contributed by atoms with Gasteiger partial charge >= 0.3 is 11.9 Å². The molecule has 0 fully saturated rings. The number of hydrogen-bond donors (Lipinski definition) is 0. The number of benzene rings is 2. The monoisotopic (exact) mass is 389 g/mol. The van der Waals surface area contributed by atoms with E-state index in [4.69, 9.17) is 21.1 Å². The molecule has 0 unspecified atom stereocenters. The van der Waals surface area contributed by atoms with Crippen molar-refractivity contribution in [3.8, 4) is 0 Å². The second-order valence-electron chi connectivity index (χ2n) is 5.96. The van der Waals surface area contributed by atoms with Crippen LogP contribution in [0.25, 0.3) is 0 Å². The summed E-state index contributed by atoms with van der Waals surface area (Å²) < 4.78 is 10.2. The maximum absolute atomic E-state index is 12.3. The highest BCUT2D eigenvalue weighted by Crippen LogP contribution is 2.20. The van der Waals surface area contributed by atoms with Crippen molar-refractivity contribution in [3.63, 3.8) is 0 Å². The summed E-state index contributed by atoms with van der Waals surface area (Å²) in [6.07, 6.45) is 0. The largest absolute Gasteiger partial charge is 0.465 e. The molecule has 0 saturated heterocycles. The third kappa shape index (κ3) is 6.70. The third-order valence-corrected chi connectivity index (χ3v) is 4.10. The number of nitrogens with zero attached hydrogens (tertiary/aromatic N) is 1. The lowest BCUT2D eigenvalue weighted by molar-refractivity contribution is -0.144. The average Bonchev–Trinajstić information content (AvgIpc) is 2.64. The van der Waals surface area contributed by atoms with Crippen LogP contribution in [0.2, 0.25) is 5.02 Å². The van der Waals surface area contributed by atoms with Gasteiger partial charge in [0, 0.05) is 18.1 Å². The number of ether oxygens (including phenoxy) is 2. The Hall–Kier alpha value is -2.37. The summed E-state index contributed by atoms with van der Waals surface area (Å²) in [5.74, 6) is -0.731. The molecule has 144 valence electrons. The maximum atomic E-state index is 12.3. The Morgan fingerprint density at radius 1 is 0.963 bits per heavy atom. The van der Waals surface area contributed by atoms with E-state index in [1.54, 1.807) is 32.0 Å². The minimum absolute atomic E-state index is 0.119. The van der Waals surface area contributed by atoms with Crippen molar-refractivity contribution in [1.29, 1.82) is 0 Å². The van der Waals surface area contributed by atoms with Crippen LogP contribution in [0.4, 0.5) is 0 Å². The predicted molar refractivity (Wildman–Crippen MR) is 105 cm³/mol. The fourth-order valence-corrected chi connectivity index (χ4v) is 2.90. The number of hydrogen-bond acceptors (Lipinski definition) is 5. The standard InChI is InChI=1S/C21H24ClNO4/c1-3-26-20(24)15-23(13-16-8-6-5-7-9-16)14-17-10-11-18(22)12-19(17)21(25)27-4-2/h5-12H,3-4,13-15H2,1-2H3. The van der Waals surface area contributed by atoms with Crippen molar-refractivity contribution in [3.05, 3.63) is 70.2 Å². The minimum Gasteiger partial charge on any atom is -0.465 e. The van der Waals surface area contributed by atoms with Gasteiger partial charge in [-0.05, 0) is 37.1 Å². The summed E-state index contributed by atoms with van der Waals surface area (Å²) in [5, 5.41) is 0.460. The Bertz CT molecular complexity index is 764. The summed E-state index contributed by atoms with van der Waals surface area (Å²) in [5.41, 5.74) is 2.22. The van der Waals surface area contributed by atoms with E-state index < -0.39 is 5.97 Å². The van der Waals surface area contributed by atoms with E-state index in [2.05, 4.69) is 0 Å². The molecule has 0 amide bonds. The van der Waals surface area contributed by atoms with Gasteiger partial charge in [-0.2, -0.15) is 0 Å². The van der Waals surface area contributed by atoms with Gasteiger partial charge in [0.25, 0.3) is 0 Å². The third-order valence-electron chi connectivity index (χ3n) is 3.87. The van der Waals surface area contributed by atoms with E-state index in [-0.39, 0.29) is 19.1 Å². The zero-order chi connectivity index (χ0) is 19.6. The molecule has 27 heavy (non-hydrogen) atoms. The fourth-order valence-electron chi connectivity index (χ4n) is 2.72. The van der Waals surface area contributed by atoms with E-state index in [1.165, 1.54) is 0 Å². The normalized spacial score (nSPS) is 10.7. The molecule has 0 aromatic heterocycles. The molecule has 0 spiro atoms. The highest BCUT2D eigenvalue weighted by atomic mass is 35.5. The average molecular weight is 390 g/mol. The van der Waals surface area contributed by atoms with Crippen molar-refractivity contribution in [1.82, 2.24) is 4.90 Å². The molecule has 0 atom stereocenters. The molecule has 2 aromatic carbocycles. The Labute approximate surface area is 164 Å². The Morgan fingerprint density at radius 3 is 2.33 bits per heavy atom. The van der Waals surface area contributed by atoms with Crippen LogP contribution < -0.4 is 0 Å². The van der Waals surface area contributed by atoms with Crippen LogP contribution in [0, 0.1) is 0 Å². The van der Waals surface area contributed by atoms with Crippen LogP contribution in [-0.4, -0.2) is 36.6 Å². The predicted octanol–water partition coefficient (Wildman–Crippen LogP) is 4.08. The zero-order valence-electron chi connectivity index (χ0n) is 15.6. The molecule has 6 heteroatoms. The van der Waals surface area contributed by atoms with E-state index in [1.807, 2.05) is 35.2 Å². The van der Waals surface area contributed by atoms with Gasteiger partial charge in [0.1, 0.15) is 0 Å². The van der Waals surface area contributed by atoms with Crippen molar-refractivity contribution in [2.24, 2.45) is 0 Å². The molecule has 0 saturated carbocycles.